The summed E-state index contributed by atoms with van der Waals surface area (Å²) in [7, 11) is 0. The molecule has 0 spiro atoms. The van der Waals surface area contributed by atoms with E-state index >= 15 is 0 Å². The van der Waals surface area contributed by atoms with Crippen molar-refractivity contribution in [2.75, 3.05) is 13.2 Å². The van der Waals surface area contributed by atoms with Gasteiger partial charge in [0.1, 0.15) is 0 Å². The molecule has 0 aliphatic rings. The van der Waals surface area contributed by atoms with E-state index in [1.54, 1.807) is 0 Å². The van der Waals surface area contributed by atoms with E-state index in [1.807, 2.05) is 16.9 Å². The van der Waals surface area contributed by atoms with Crippen LogP contribution in [0.1, 0.15) is 38.8 Å². The molecule has 0 saturated heterocycles. The van der Waals surface area contributed by atoms with E-state index in [9.17, 15) is 5.11 Å². The molecule has 0 radical (unpaired) electrons. The van der Waals surface area contributed by atoms with Crippen LogP contribution in [0.4, 0.5) is 0 Å². The first-order chi connectivity index (χ1) is 8.11. The number of aromatic nitrogens is 2. The minimum Gasteiger partial charge on any atom is -0.394 e. The highest BCUT2D eigenvalue weighted by atomic mass is 16.3. The maximum Gasteiger partial charge on any atom is 0.0610 e. The fraction of sp³-hybridized carbons (Fsp3) is 0.769. The minimum atomic E-state index is -0.131. The Morgan fingerprint density at radius 3 is 2.76 bits per heavy atom. The van der Waals surface area contributed by atoms with E-state index in [1.165, 1.54) is 5.69 Å². The predicted molar refractivity (Wildman–Crippen MR) is 70.0 cm³/mol. The summed E-state index contributed by atoms with van der Waals surface area (Å²) in [6.45, 7) is 8.28. The number of hydrogen-bond acceptors (Lipinski definition) is 3. The third-order valence-electron chi connectivity index (χ3n) is 3.23. The van der Waals surface area contributed by atoms with Gasteiger partial charge in [-0.2, -0.15) is 5.10 Å². The highest BCUT2D eigenvalue weighted by Gasteiger charge is 2.20. The fourth-order valence-corrected chi connectivity index (χ4v) is 2.06. The molecule has 98 valence electrons. The van der Waals surface area contributed by atoms with Crippen molar-refractivity contribution in [3.63, 3.8) is 0 Å². The summed E-state index contributed by atoms with van der Waals surface area (Å²) in [4.78, 5) is 0. The zero-order valence-electron chi connectivity index (χ0n) is 11.2. The molecule has 4 heteroatoms. The van der Waals surface area contributed by atoms with Crippen LogP contribution in [0.25, 0.3) is 0 Å². The zero-order valence-corrected chi connectivity index (χ0v) is 11.2. The largest absolute Gasteiger partial charge is 0.394 e. The van der Waals surface area contributed by atoms with Crippen molar-refractivity contribution in [3.05, 3.63) is 18.0 Å². The van der Waals surface area contributed by atoms with E-state index in [0.29, 0.717) is 0 Å². The first kappa shape index (κ1) is 14.2. The highest BCUT2D eigenvalue weighted by molar-refractivity contribution is 4.96. The van der Waals surface area contributed by atoms with Gasteiger partial charge < -0.3 is 10.4 Å². The number of nitrogens with one attached hydrogen (secondary N) is 1. The number of aryl methyl sites for hydroxylation is 2. The molecule has 1 unspecified atom stereocenters. The fourth-order valence-electron chi connectivity index (χ4n) is 2.06. The molecule has 0 aliphatic heterocycles. The van der Waals surface area contributed by atoms with Crippen LogP contribution in [0.5, 0.6) is 0 Å². The average molecular weight is 239 g/mol. The van der Waals surface area contributed by atoms with Gasteiger partial charge in [-0.3, -0.25) is 4.68 Å². The Hall–Kier alpha value is -0.870. The smallest absolute Gasteiger partial charge is 0.0610 e. The lowest BCUT2D eigenvalue weighted by Crippen LogP contribution is -2.45. The second-order valence-corrected chi connectivity index (χ2v) is 4.90. The van der Waals surface area contributed by atoms with Crippen molar-refractivity contribution in [1.82, 2.24) is 15.1 Å². The summed E-state index contributed by atoms with van der Waals surface area (Å²) >= 11 is 0. The van der Waals surface area contributed by atoms with Gasteiger partial charge in [0.15, 0.2) is 0 Å². The molecule has 0 aliphatic carbocycles. The molecular formula is C13H25N3O. The monoisotopic (exact) mass is 239 g/mol. The molecule has 0 fully saturated rings. The lowest BCUT2D eigenvalue weighted by atomic mass is 9.96. The first-order valence-electron chi connectivity index (χ1n) is 6.45. The van der Waals surface area contributed by atoms with Crippen molar-refractivity contribution in [3.8, 4) is 0 Å². The molecule has 17 heavy (non-hydrogen) atoms. The van der Waals surface area contributed by atoms with Crippen LogP contribution in [-0.2, 0) is 6.54 Å². The molecule has 4 nitrogen and oxygen atoms in total. The van der Waals surface area contributed by atoms with Crippen LogP contribution in [0, 0.1) is 6.92 Å². The first-order valence-corrected chi connectivity index (χ1v) is 6.45. The summed E-state index contributed by atoms with van der Waals surface area (Å²) in [5.41, 5.74) is 1.08. The summed E-state index contributed by atoms with van der Waals surface area (Å²) in [5, 5.41) is 17.0. The molecule has 1 aromatic rings. The predicted octanol–water partition coefficient (Wildman–Crippen LogP) is 1.72. The zero-order chi connectivity index (χ0) is 12.7. The number of unbranched alkanes of at least 4 members (excludes halogenated alkanes) is 1. The third-order valence-corrected chi connectivity index (χ3v) is 3.23. The van der Waals surface area contributed by atoms with Crippen molar-refractivity contribution in [1.29, 1.82) is 0 Å². The Kier molecular flexibility index (Phi) is 5.65. The number of nitrogens with zero attached hydrogens (tertiary/aromatic N) is 2. The second-order valence-electron chi connectivity index (χ2n) is 4.90. The van der Waals surface area contributed by atoms with Crippen LogP contribution < -0.4 is 5.32 Å². The second kappa shape index (κ2) is 6.77. The van der Waals surface area contributed by atoms with Crippen LogP contribution in [0.2, 0.25) is 0 Å². The summed E-state index contributed by atoms with van der Waals surface area (Å²) < 4.78 is 2.03. The maximum atomic E-state index is 9.36. The van der Waals surface area contributed by atoms with Crippen molar-refractivity contribution in [2.24, 2.45) is 0 Å². The van der Waals surface area contributed by atoms with Gasteiger partial charge in [-0.1, -0.05) is 6.92 Å². The van der Waals surface area contributed by atoms with Crippen LogP contribution >= 0.6 is 0 Å². The normalized spacial score (nSPS) is 14.8. The number of hydrogen-bond donors (Lipinski definition) is 2. The highest BCUT2D eigenvalue weighted by Crippen LogP contribution is 2.13. The van der Waals surface area contributed by atoms with Crippen LogP contribution in [0.15, 0.2) is 12.3 Å². The van der Waals surface area contributed by atoms with Gasteiger partial charge in [-0.15, -0.1) is 0 Å². The lowest BCUT2D eigenvalue weighted by Gasteiger charge is -2.28. The van der Waals surface area contributed by atoms with Crippen LogP contribution in [-0.4, -0.2) is 33.6 Å². The molecule has 0 amide bonds. The molecule has 2 N–H and O–H groups in total. The third kappa shape index (κ3) is 4.48. The molecule has 1 rings (SSSR count). The number of likely N-dealkylation sites (N-methyl/N-ethyl adjacent to an activating group) is 1. The van der Waals surface area contributed by atoms with Gasteiger partial charge in [-0.25, -0.2) is 0 Å². The van der Waals surface area contributed by atoms with E-state index in [-0.39, 0.29) is 12.1 Å². The van der Waals surface area contributed by atoms with Gasteiger partial charge in [0.05, 0.1) is 6.61 Å². The topological polar surface area (TPSA) is 50.1 Å². The van der Waals surface area contributed by atoms with Gasteiger partial charge in [0.2, 0.25) is 0 Å². The SMILES string of the molecule is CCNC(C)(CO)CCCCn1nccc1C. The van der Waals surface area contributed by atoms with Gasteiger partial charge >= 0.3 is 0 Å². The standard InChI is InChI=1S/C13H25N3O/c1-4-14-13(3,11-17)8-5-6-10-16-12(2)7-9-15-16/h7,9,14,17H,4-6,8,10-11H2,1-3H3. The molecule has 0 bridgehead atoms. The molecule has 1 atom stereocenters. The summed E-state index contributed by atoms with van der Waals surface area (Å²) in [5.74, 6) is 0. The quantitative estimate of drug-likeness (QED) is 0.679. The van der Waals surface area contributed by atoms with Crippen molar-refractivity contribution < 1.29 is 5.11 Å². The van der Waals surface area contributed by atoms with Gasteiger partial charge in [-0.05, 0) is 45.7 Å². The lowest BCUT2D eigenvalue weighted by molar-refractivity contribution is 0.164. The van der Waals surface area contributed by atoms with Crippen molar-refractivity contribution in [2.45, 2.75) is 52.1 Å². The molecule has 1 heterocycles. The van der Waals surface area contributed by atoms with Gasteiger partial charge in [0, 0.05) is 24.0 Å². The summed E-state index contributed by atoms with van der Waals surface area (Å²) in [6, 6.07) is 2.02. The Morgan fingerprint density at radius 2 is 2.24 bits per heavy atom. The number of rotatable bonds is 8. The Labute approximate surface area is 104 Å². The summed E-state index contributed by atoms with van der Waals surface area (Å²) in [6.07, 6.45) is 5.04. The van der Waals surface area contributed by atoms with Crippen LogP contribution in [0.3, 0.4) is 0 Å². The number of aliphatic hydroxyl groups excluding tert-OH is 1. The average Bonchev–Trinajstić information content (AvgIpc) is 2.71. The molecular weight excluding hydrogens is 214 g/mol. The Bertz CT molecular complexity index is 324. The van der Waals surface area contributed by atoms with E-state index in [0.717, 1.165) is 32.4 Å². The Morgan fingerprint density at radius 1 is 1.47 bits per heavy atom. The van der Waals surface area contributed by atoms with Crippen molar-refractivity contribution >= 4 is 0 Å². The van der Waals surface area contributed by atoms with E-state index in [2.05, 4.69) is 31.2 Å². The Balaban J connectivity index is 2.25. The molecule has 1 aromatic heterocycles. The number of aliphatic hydroxyl groups is 1. The van der Waals surface area contributed by atoms with E-state index in [4.69, 9.17) is 0 Å². The molecule has 0 saturated carbocycles. The van der Waals surface area contributed by atoms with E-state index < -0.39 is 0 Å². The minimum absolute atomic E-state index is 0.131. The van der Waals surface area contributed by atoms with Gasteiger partial charge in [0.25, 0.3) is 0 Å². The molecule has 0 aromatic carbocycles. The maximum absolute atomic E-state index is 9.36.